The summed E-state index contributed by atoms with van der Waals surface area (Å²) in [4.78, 5) is 6.53. The summed E-state index contributed by atoms with van der Waals surface area (Å²) in [6.45, 7) is 8.34. The number of ether oxygens (including phenoxy) is 1. The van der Waals surface area contributed by atoms with Crippen molar-refractivity contribution in [1.29, 1.82) is 0 Å². The van der Waals surface area contributed by atoms with Crippen LogP contribution in [0.4, 0.5) is 0 Å². The molecular formula is C17H29N3O. The largest absolute Gasteiger partial charge is 0.381 e. The third-order valence-corrected chi connectivity index (χ3v) is 4.29. The van der Waals surface area contributed by atoms with E-state index < -0.39 is 0 Å². The van der Waals surface area contributed by atoms with Crippen molar-refractivity contribution < 1.29 is 4.74 Å². The molecule has 1 saturated heterocycles. The van der Waals surface area contributed by atoms with Gasteiger partial charge >= 0.3 is 0 Å². The zero-order chi connectivity index (χ0) is 15.0. The van der Waals surface area contributed by atoms with Crippen LogP contribution >= 0.6 is 0 Å². The number of nitrogens with one attached hydrogen (secondary N) is 1. The summed E-state index contributed by atoms with van der Waals surface area (Å²) in [5.41, 5.74) is 1.69. The Kier molecular flexibility index (Phi) is 6.61. The van der Waals surface area contributed by atoms with Crippen LogP contribution in [-0.2, 0) is 11.3 Å². The van der Waals surface area contributed by atoms with E-state index in [1.54, 1.807) is 0 Å². The minimum atomic E-state index is 0.356. The van der Waals surface area contributed by atoms with E-state index in [9.17, 15) is 0 Å². The molecule has 1 aromatic rings. The Morgan fingerprint density at radius 3 is 2.67 bits per heavy atom. The van der Waals surface area contributed by atoms with Crippen LogP contribution in [0.5, 0.6) is 0 Å². The molecule has 118 valence electrons. The molecule has 0 saturated carbocycles. The van der Waals surface area contributed by atoms with Gasteiger partial charge in [-0.3, -0.25) is 4.98 Å². The Bertz CT molecular complexity index is 390. The fourth-order valence-corrected chi connectivity index (χ4v) is 3.15. The lowest BCUT2D eigenvalue weighted by atomic mass is 9.79. The molecule has 0 amide bonds. The Morgan fingerprint density at radius 2 is 2.00 bits per heavy atom. The third kappa shape index (κ3) is 5.38. The quantitative estimate of drug-likeness (QED) is 0.746. The van der Waals surface area contributed by atoms with Gasteiger partial charge in [0.15, 0.2) is 0 Å². The molecule has 0 spiro atoms. The van der Waals surface area contributed by atoms with Gasteiger partial charge < -0.3 is 15.0 Å². The Morgan fingerprint density at radius 1 is 1.29 bits per heavy atom. The molecule has 0 unspecified atom stereocenters. The van der Waals surface area contributed by atoms with Crippen molar-refractivity contribution in [2.24, 2.45) is 5.41 Å². The van der Waals surface area contributed by atoms with Crippen molar-refractivity contribution in [3.05, 3.63) is 30.1 Å². The summed E-state index contributed by atoms with van der Waals surface area (Å²) in [5, 5.41) is 3.62. The maximum absolute atomic E-state index is 5.58. The van der Waals surface area contributed by atoms with Gasteiger partial charge in [0.25, 0.3) is 0 Å². The first-order valence-electron chi connectivity index (χ1n) is 8.10. The SMILES string of the molecule is CCCNCC1(CN(C)Cc2ccncc2)CCOCC1. The fourth-order valence-electron chi connectivity index (χ4n) is 3.15. The van der Waals surface area contributed by atoms with Crippen molar-refractivity contribution in [2.75, 3.05) is 39.9 Å². The zero-order valence-electron chi connectivity index (χ0n) is 13.5. The van der Waals surface area contributed by atoms with Crippen LogP contribution in [0.25, 0.3) is 0 Å². The lowest BCUT2D eigenvalue weighted by molar-refractivity contribution is -0.00154. The van der Waals surface area contributed by atoms with Crippen molar-refractivity contribution in [1.82, 2.24) is 15.2 Å². The first-order valence-corrected chi connectivity index (χ1v) is 8.10. The summed E-state index contributed by atoms with van der Waals surface area (Å²) in [6.07, 6.45) is 7.25. The van der Waals surface area contributed by atoms with Gasteiger partial charge in [0.2, 0.25) is 0 Å². The van der Waals surface area contributed by atoms with E-state index >= 15 is 0 Å². The molecule has 4 heteroatoms. The zero-order valence-corrected chi connectivity index (χ0v) is 13.5. The van der Waals surface area contributed by atoms with Gasteiger partial charge in [0.05, 0.1) is 0 Å². The second-order valence-corrected chi connectivity index (χ2v) is 6.32. The van der Waals surface area contributed by atoms with Crippen LogP contribution in [0, 0.1) is 5.41 Å². The summed E-state index contributed by atoms with van der Waals surface area (Å²) >= 11 is 0. The van der Waals surface area contributed by atoms with Crippen LogP contribution in [0.3, 0.4) is 0 Å². The molecule has 1 aromatic heterocycles. The Labute approximate surface area is 128 Å². The van der Waals surface area contributed by atoms with E-state index in [4.69, 9.17) is 4.74 Å². The van der Waals surface area contributed by atoms with E-state index in [-0.39, 0.29) is 0 Å². The van der Waals surface area contributed by atoms with Gasteiger partial charge in [-0.1, -0.05) is 6.92 Å². The average molecular weight is 291 g/mol. The number of hydrogen-bond donors (Lipinski definition) is 1. The van der Waals surface area contributed by atoms with Crippen molar-refractivity contribution in [3.63, 3.8) is 0 Å². The van der Waals surface area contributed by atoms with Gasteiger partial charge in [0.1, 0.15) is 0 Å². The molecule has 0 aromatic carbocycles. The van der Waals surface area contributed by atoms with Gasteiger partial charge in [0, 0.05) is 45.2 Å². The number of aromatic nitrogens is 1. The Balaban J connectivity index is 1.90. The van der Waals surface area contributed by atoms with E-state index in [2.05, 4.69) is 41.3 Å². The molecule has 21 heavy (non-hydrogen) atoms. The molecule has 0 aliphatic carbocycles. The van der Waals surface area contributed by atoms with Crippen molar-refractivity contribution in [3.8, 4) is 0 Å². The lowest BCUT2D eigenvalue weighted by Crippen LogP contribution is -2.46. The highest BCUT2D eigenvalue weighted by atomic mass is 16.5. The van der Waals surface area contributed by atoms with Crippen LogP contribution in [0.15, 0.2) is 24.5 Å². The lowest BCUT2D eigenvalue weighted by Gasteiger charge is -2.40. The van der Waals surface area contributed by atoms with Crippen LogP contribution < -0.4 is 5.32 Å². The van der Waals surface area contributed by atoms with Gasteiger partial charge in [-0.25, -0.2) is 0 Å². The predicted molar refractivity (Wildman–Crippen MR) is 86.2 cm³/mol. The van der Waals surface area contributed by atoms with Crippen LogP contribution in [0.2, 0.25) is 0 Å². The number of hydrogen-bond acceptors (Lipinski definition) is 4. The molecule has 1 aliphatic rings. The fraction of sp³-hybridized carbons (Fsp3) is 0.706. The average Bonchev–Trinajstić information content (AvgIpc) is 2.49. The minimum absolute atomic E-state index is 0.356. The highest BCUT2D eigenvalue weighted by Gasteiger charge is 2.33. The van der Waals surface area contributed by atoms with Gasteiger partial charge in [-0.2, -0.15) is 0 Å². The molecule has 4 nitrogen and oxygen atoms in total. The normalized spacial score (nSPS) is 18.0. The topological polar surface area (TPSA) is 37.4 Å². The van der Waals surface area contributed by atoms with E-state index in [0.29, 0.717) is 5.41 Å². The van der Waals surface area contributed by atoms with E-state index in [1.807, 2.05) is 12.4 Å². The highest BCUT2D eigenvalue weighted by molar-refractivity contribution is 5.09. The van der Waals surface area contributed by atoms with Crippen LogP contribution in [0.1, 0.15) is 31.7 Å². The van der Waals surface area contributed by atoms with Crippen molar-refractivity contribution >= 4 is 0 Å². The highest BCUT2D eigenvalue weighted by Crippen LogP contribution is 2.31. The predicted octanol–water partition coefficient (Wildman–Crippen LogP) is 2.31. The van der Waals surface area contributed by atoms with E-state index in [0.717, 1.165) is 52.2 Å². The molecule has 2 heterocycles. The molecule has 0 radical (unpaired) electrons. The third-order valence-electron chi connectivity index (χ3n) is 4.29. The maximum Gasteiger partial charge on any atom is 0.0472 e. The standard InChI is InChI=1S/C17H29N3O/c1-3-8-19-14-17(6-11-21-12-7-17)15-20(2)13-16-4-9-18-10-5-16/h4-5,9-10,19H,3,6-8,11-15H2,1-2H3. The molecule has 1 fully saturated rings. The molecule has 1 aliphatic heterocycles. The molecule has 0 bridgehead atoms. The smallest absolute Gasteiger partial charge is 0.0472 e. The minimum Gasteiger partial charge on any atom is -0.381 e. The summed E-state index contributed by atoms with van der Waals surface area (Å²) in [6, 6.07) is 4.20. The molecule has 1 N–H and O–H groups in total. The number of rotatable bonds is 8. The Hall–Kier alpha value is -0.970. The molecule has 0 atom stereocenters. The number of pyridine rings is 1. The van der Waals surface area contributed by atoms with Crippen molar-refractivity contribution in [2.45, 2.75) is 32.7 Å². The molecular weight excluding hydrogens is 262 g/mol. The summed E-state index contributed by atoms with van der Waals surface area (Å²) < 4.78 is 5.58. The monoisotopic (exact) mass is 291 g/mol. The summed E-state index contributed by atoms with van der Waals surface area (Å²) in [5.74, 6) is 0. The van der Waals surface area contributed by atoms with Gasteiger partial charge in [-0.15, -0.1) is 0 Å². The van der Waals surface area contributed by atoms with E-state index in [1.165, 1.54) is 12.0 Å². The van der Waals surface area contributed by atoms with Gasteiger partial charge in [-0.05, 0) is 56.0 Å². The second kappa shape index (κ2) is 8.47. The number of nitrogens with zero attached hydrogens (tertiary/aromatic N) is 2. The molecule has 2 rings (SSSR count). The maximum atomic E-state index is 5.58. The summed E-state index contributed by atoms with van der Waals surface area (Å²) in [7, 11) is 2.22. The first-order chi connectivity index (χ1) is 10.2. The second-order valence-electron chi connectivity index (χ2n) is 6.32. The first kappa shape index (κ1) is 16.4. The van der Waals surface area contributed by atoms with Crippen LogP contribution in [-0.4, -0.2) is 49.8 Å².